The Kier molecular flexibility index (Phi) is 6.21. The Balaban J connectivity index is 1.92. The summed E-state index contributed by atoms with van der Waals surface area (Å²) < 4.78 is 0. The average Bonchev–Trinajstić information content (AvgIpc) is 2.59. The number of anilines is 2. The number of nitrogens with two attached hydrogens (primary N) is 1. The molecule has 2 aromatic carbocycles. The van der Waals surface area contributed by atoms with Gasteiger partial charge in [-0.3, -0.25) is 4.79 Å². The topological polar surface area (TPSA) is 90.4 Å². The van der Waals surface area contributed by atoms with Crippen LogP contribution in [0.15, 0.2) is 48.5 Å². The molecule has 3 N–H and O–H groups in total. The number of carboxylic acids is 1. The van der Waals surface area contributed by atoms with Gasteiger partial charge in [0.25, 0.3) is 0 Å². The lowest BCUT2D eigenvalue weighted by molar-refractivity contribution is -0.135. The summed E-state index contributed by atoms with van der Waals surface area (Å²) in [5, 5.41) is 18.1. The molecule has 0 aliphatic heterocycles. The van der Waals surface area contributed by atoms with E-state index in [1.54, 1.807) is 23.1 Å². The summed E-state index contributed by atoms with van der Waals surface area (Å²) in [6, 6.07) is 16.9. The smallest absolute Gasteiger partial charge is 0.323 e. The van der Waals surface area contributed by atoms with E-state index in [2.05, 4.69) is 6.07 Å². The number of benzene rings is 2. The molecular weight excluding hydrogens is 302 g/mol. The zero-order chi connectivity index (χ0) is 17.4. The Hall–Kier alpha value is -3.00. The van der Waals surface area contributed by atoms with Crippen LogP contribution in [-0.4, -0.2) is 24.2 Å². The van der Waals surface area contributed by atoms with E-state index in [1.165, 1.54) is 5.56 Å². The predicted molar refractivity (Wildman–Crippen MR) is 94.8 cm³/mol. The summed E-state index contributed by atoms with van der Waals surface area (Å²) in [7, 11) is 0. The number of hydrogen-bond donors (Lipinski definition) is 2. The minimum Gasteiger partial charge on any atom is -0.480 e. The minimum absolute atomic E-state index is 0.0727. The third-order valence-electron chi connectivity index (χ3n) is 3.79. The number of carboxylic acid groups (broad SMARTS) is 1. The van der Waals surface area contributed by atoms with Crippen LogP contribution in [0.25, 0.3) is 0 Å². The number of carbonyl (C=O) groups is 1. The van der Waals surface area contributed by atoms with Crippen molar-refractivity contribution in [3.63, 3.8) is 0 Å². The molecule has 2 rings (SSSR count). The van der Waals surface area contributed by atoms with Crippen molar-refractivity contribution in [2.45, 2.75) is 19.3 Å². The molecule has 0 saturated heterocycles. The summed E-state index contributed by atoms with van der Waals surface area (Å²) >= 11 is 0. The number of unbranched alkanes of at least 4 members (excludes halogenated alkanes) is 1. The highest BCUT2D eigenvalue weighted by atomic mass is 16.4. The molecule has 0 aromatic heterocycles. The molecule has 0 saturated carbocycles. The van der Waals surface area contributed by atoms with Gasteiger partial charge in [0.2, 0.25) is 0 Å². The van der Waals surface area contributed by atoms with Gasteiger partial charge in [0.1, 0.15) is 6.54 Å². The first-order valence-electron chi connectivity index (χ1n) is 7.90. The number of aliphatic carboxylic acids is 1. The van der Waals surface area contributed by atoms with Crippen LogP contribution in [-0.2, 0) is 11.2 Å². The number of nitrogen functional groups attached to an aromatic ring is 1. The molecular formula is C19H21N3O2. The summed E-state index contributed by atoms with van der Waals surface area (Å²) in [5.74, 6) is -0.879. The maximum absolute atomic E-state index is 11.1. The lowest BCUT2D eigenvalue weighted by Crippen LogP contribution is -2.30. The van der Waals surface area contributed by atoms with Gasteiger partial charge in [-0.05, 0) is 55.2 Å². The molecule has 0 unspecified atom stereocenters. The normalized spacial score (nSPS) is 10.1. The first-order chi connectivity index (χ1) is 11.6. The first kappa shape index (κ1) is 17.4. The third kappa shape index (κ3) is 5.33. The number of aryl methyl sites for hydroxylation is 1. The lowest BCUT2D eigenvalue weighted by Gasteiger charge is -2.23. The van der Waals surface area contributed by atoms with E-state index >= 15 is 0 Å². The molecule has 0 spiro atoms. The van der Waals surface area contributed by atoms with Gasteiger partial charge in [0, 0.05) is 17.9 Å². The molecule has 2 aromatic rings. The highest BCUT2D eigenvalue weighted by molar-refractivity contribution is 5.74. The molecule has 0 bridgehead atoms. The van der Waals surface area contributed by atoms with Gasteiger partial charge in [-0.25, -0.2) is 0 Å². The summed E-state index contributed by atoms with van der Waals surface area (Å²) in [6.45, 7) is 0.562. The van der Waals surface area contributed by atoms with Crippen molar-refractivity contribution in [1.82, 2.24) is 0 Å². The fourth-order valence-corrected chi connectivity index (χ4v) is 2.55. The Labute approximate surface area is 141 Å². The van der Waals surface area contributed by atoms with Crippen LogP contribution >= 0.6 is 0 Å². The molecule has 0 fully saturated rings. The molecule has 124 valence electrons. The zero-order valence-electron chi connectivity index (χ0n) is 13.5. The van der Waals surface area contributed by atoms with Crippen LogP contribution in [0.2, 0.25) is 0 Å². The number of rotatable bonds is 8. The molecule has 0 aliphatic carbocycles. The van der Waals surface area contributed by atoms with Crippen molar-refractivity contribution >= 4 is 17.3 Å². The van der Waals surface area contributed by atoms with Crippen LogP contribution < -0.4 is 10.6 Å². The Morgan fingerprint density at radius 3 is 2.58 bits per heavy atom. The third-order valence-corrected chi connectivity index (χ3v) is 3.79. The van der Waals surface area contributed by atoms with E-state index in [9.17, 15) is 4.79 Å². The molecule has 5 heteroatoms. The largest absolute Gasteiger partial charge is 0.480 e. The molecule has 0 radical (unpaired) electrons. The van der Waals surface area contributed by atoms with E-state index in [1.807, 2.05) is 30.3 Å². The first-order valence-corrected chi connectivity index (χ1v) is 7.90. The molecule has 0 amide bonds. The maximum Gasteiger partial charge on any atom is 0.323 e. The van der Waals surface area contributed by atoms with Crippen LogP contribution in [0.4, 0.5) is 11.4 Å². The molecule has 0 atom stereocenters. The van der Waals surface area contributed by atoms with Gasteiger partial charge in [-0.1, -0.05) is 18.2 Å². The highest BCUT2D eigenvalue weighted by Crippen LogP contribution is 2.17. The number of nitrogens with zero attached hydrogens (tertiary/aromatic N) is 2. The van der Waals surface area contributed by atoms with Crippen LogP contribution in [0.1, 0.15) is 24.0 Å². The molecule has 5 nitrogen and oxygen atoms in total. The van der Waals surface area contributed by atoms with Crippen LogP contribution in [0, 0.1) is 11.3 Å². The van der Waals surface area contributed by atoms with E-state index in [0.29, 0.717) is 12.1 Å². The van der Waals surface area contributed by atoms with Gasteiger partial charge < -0.3 is 15.7 Å². The minimum atomic E-state index is -0.879. The van der Waals surface area contributed by atoms with Crippen molar-refractivity contribution in [3.8, 4) is 6.07 Å². The quantitative estimate of drug-likeness (QED) is 0.575. The zero-order valence-corrected chi connectivity index (χ0v) is 13.5. The summed E-state index contributed by atoms with van der Waals surface area (Å²) in [5.41, 5.74) is 8.95. The fourth-order valence-electron chi connectivity index (χ4n) is 2.55. The van der Waals surface area contributed by atoms with Crippen LogP contribution in [0.3, 0.4) is 0 Å². The van der Waals surface area contributed by atoms with Crippen molar-refractivity contribution in [2.24, 2.45) is 0 Å². The lowest BCUT2D eigenvalue weighted by atomic mass is 10.1. The van der Waals surface area contributed by atoms with Crippen molar-refractivity contribution in [2.75, 3.05) is 23.7 Å². The number of hydrogen-bond acceptors (Lipinski definition) is 4. The van der Waals surface area contributed by atoms with Gasteiger partial charge in [-0.2, -0.15) is 5.26 Å². The molecule has 0 heterocycles. The molecule has 0 aliphatic rings. The summed E-state index contributed by atoms with van der Waals surface area (Å²) in [6.07, 6.45) is 2.76. The maximum atomic E-state index is 11.1. The Morgan fingerprint density at radius 1 is 1.17 bits per heavy atom. The van der Waals surface area contributed by atoms with E-state index in [0.717, 1.165) is 30.6 Å². The van der Waals surface area contributed by atoms with Gasteiger partial charge in [-0.15, -0.1) is 0 Å². The SMILES string of the molecule is N#Cc1cccc(N(CCCCc2ccc(N)cc2)CC(=O)O)c1. The molecule has 24 heavy (non-hydrogen) atoms. The summed E-state index contributed by atoms with van der Waals surface area (Å²) in [4.78, 5) is 12.9. The average molecular weight is 323 g/mol. The van der Waals surface area contributed by atoms with Crippen LogP contribution in [0.5, 0.6) is 0 Å². The highest BCUT2D eigenvalue weighted by Gasteiger charge is 2.11. The van der Waals surface area contributed by atoms with Gasteiger partial charge in [0.05, 0.1) is 11.6 Å². The Morgan fingerprint density at radius 2 is 1.92 bits per heavy atom. The fraction of sp³-hybridized carbons (Fsp3) is 0.263. The van der Waals surface area contributed by atoms with E-state index in [-0.39, 0.29) is 6.54 Å². The van der Waals surface area contributed by atoms with Crippen molar-refractivity contribution < 1.29 is 9.90 Å². The second-order valence-corrected chi connectivity index (χ2v) is 5.68. The van der Waals surface area contributed by atoms with E-state index < -0.39 is 5.97 Å². The second kappa shape index (κ2) is 8.59. The van der Waals surface area contributed by atoms with Gasteiger partial charge >= 0.3 is 5.97 Å². The van der Waals surface area contributed by atoms with Crippen molar-refractivity contribution in [3.05, 3.63) is 59.7 Å². The van der Waals surface area contributed by atoms with Crippen molar-refractivity contribution in [1.29, 1.82) is 5.26 Å². The standard InChI is InChI=1S/C19H21N3O2/c20-13-16-5-3-6-18(12-16)22(14-19(23)24)11-2-1-4-15-7-9-17(21)10-8-15/h3,5-10,12H,1-2,4,11,14,21H2,(H,23,24). The van der Waals surface area contributed by atoms with E-state index in [4.69, 9.17) is 16.1 Å². The number of nitriles is 1. The Bertz CT molecular complexity index is 720. The second-order valence-electron chi connectivity index (χ2n) is 5.68. The monoisotopic (exact) mass is 323 g/mol. The predicted octanol–water partition coefficient (Wildman–Crippen LogP) is 3.05. The van der Waals surface area contributed by atoms with Gasteiger partial charge in [0.15, 0.2) is 0 Å².